The van der Waals surface area contributed by atoms with Crippen LogP contribution < -0.4 is 0 Å². The van der Waals surface area contributed by atoms with Gasteiger partial charge in [-0.05, 0) is 32.4 Å². The van der Waals surface area contributed by atoms with Crippen molar-refractivity contribution in [2.75, 3.05) is 25.4 Å². The van der Waals surface area contributed by atoms with Crippen molar-refractivity contribution >= 4 is 23.6 Å². The number of aromatic nitrogens is 3. The standard InChI is InChI=1S/C24H29N5O3S/c1-3-28-22(19-9-5-4-6-10-19)25-26-24(28)33-16-8-12-21(30)27-13-14-29(18(2)17-27)23(31)20-11-7-15-32-20/h4-7,9-11,15,18H,3,8,12-14,16-17H2,1-2H3. The number of hydrogen-bond donors (Lipinski definition) is 0. The van der Waals surface area contributed by atoms with E-state index in [1.165, 1.54) is 6.26 Å². The first kappa shape index (κ1) is 23.1. The molecule has 8 nitrogen and oxygen atoms in total. The first-order valence-corrected chi connectivity index (χ1v) is 12.3. The third kappa shape index (κ3) is 5.30. The van der Waals surface area contributed by atoms with Crippen molar-refractivity contribution in [3.8, 4) is 11.4 Å². The van der Waals surface area contributed by atoms with Gasteiger partial charge in [0.25, 0.3) is 5.91 Å². The summed E-state index contributed by atoms with van der Waals surface area (Å²) in [6.45, 7) is 6.45. The predicted octanol–water partition coefficient (Wildman–Crippen LogP) is 3.80. The van der Waals surface area contributed by atoms with Crippen molar-refractivity contribution < 1.29 is 14.0 Å². The molecule has 1 aromatic carbocycles. The number of benzene rings is 1. The van der Waals surface area contributed by atoms with E-state index in [0.717, 1.165) is 35.3 Å². The molecule has 3 heterocycles. The molecule has 2 aromatic heterocycles. The number of furan rings is 1. The van der Waals surface area contributed by atoms with Gasteiger partial charge in [-0.1, -0.05) is 42.1 Å². The Morgan fingerprint density at radius 2 is 1.94 bits per heavy atom. The van der Waals surface area contributed by atoms with E-state index in [1.54, 1.807) is 28.8 Å². The van der Waals surface area contributed by atoms with Crippen LogP contribution in [0.3, 0.4) is 0 Å². The number of nitrogens with zero attached hydrogens (tertiary/aromatic N) is 5. The van der Waals surface area contributed by atoms with Crippen molar-refractivity contribution in [3.63, 3.8) is 0 Å². The van der Waals surface area contributed by atoms with Crippen molar-refractivity contribution in [3.05, 3.63) is 54.5 Å². The van der Waals surface area contributed by atoms with Crippen LogP contribution in [0.15, 0.2) is 58.3 Å². The SMILES string of the molecule is CCn1c(SCCCC(=O)N2CCN(C(=O)c3ccco3)C(C)C2)nnc1-c1ccccc1. The van der Waals surface area contributed by atoms with Gasteiger partial charge in [0, 0.05) is 50.0 Å². The van der Waals surface area contributed by atoms with Crippen LogP contribution in [0.1, 0.15) is 37.2 Å². The van der Waals surface area contributed by atoms with Crippen LogP contribution in [0.5, 0.6) is 0 Å². The van der Waals surface area contributed by atoms with Crippen LogP contribution in [0, 0.1) is 0 Å². The van der Waals surface area contributed by atoms with Crippen LogP contribution in [-0.4, -0.2) is 67.8 Å². The molecule has 0 N–H and O–H groups in total. The van der Waals surface area contributed by atoms with Gasteiger partial charge in [-0.25, -0.2) is 0 Å². The fourth-order valence-corrected chi connectivity index (χ4v) is 5.00. The molecule has 0 radical (unpaired) electrons. The number of piperazine rings is 1. The molecule has 4 rings (SSSR count). The minimum atomic E-state index is -0.120. The Labute approximate surface area is 198 Å². The van der Waals surface area contributed by atoms with Gasteiger partial charge in [-0.3, -0.25) is 9.59 Å². The van der Waals surface area contributed by atoms with Crippen LogP contribution in [0.25, 0.3) is 11.4 Å². The lowest BCUT2D eigenvalue weighted by Crippen LogP contribution is -2.55. The lowest BCUT2D eigenvalue weighted by Gasteiger charge is -2.39. The highest BCUT2D eigenvalue weighted by molar-refractivity contribution is 7.99. The molecule has 1 aliphatic rings. The molecule has 9 heteroatoms. The Balaban J connectivity index is 1.24. The zero-order chi connectivity index (χ0) is 23.2. The number of carbonyl (C=O) groups excluding carboxylic acids is 2. The molecule has 1 aliphatic heterocycles. The van der Waals surface area contributed by atoms with E-state index in [4.69, 9.17) is 4.42 Å². The first-order valence-electron chi connectivity index (χ1n) is 11.3. The number of carbonyl (C=O) groups is 2. The lowest BCUT2D eigenvalue weighted by atomic mass is 10.1. The Morgan fingerprint density at radius 1 is 1.12 bits per heavy atom. The zero-order valence-electron chi connectivity index (χ0n) is 19.0. The Hall–Kier alpha value is -3.07. The second-order valence-electron chi connectivity index (χ2n) is 8.03. The second kappa shape index (κ2) is 10.7. The molecule has 33 heavy (non-hydrogen) atoms. The summed E-state index contributed by atoms with van der Waals surface area (Å²) in [5.74, 6) is 2.02. The summed E-state index contributed by atoms with van der Waals surface area (Å²) in [5.41, 5.74) is 1.05. The van der Waals surface area contributed by atoms with Gasteiger partial charge in [-0.2, -0.15) is 0 Å². The number of hydrogen-bond acceptors (Lipinski definition) is 6. The summed E-state index contributed by atoms with van der Waals surface area (Å²) in [6, 6.07) is 13.4. The Bertz CT molecular complexity index is 1070. The van der Waals surface area contributed by atoms with Crippen LogP contribution in [-0.2, 0) is 11.3 Å². The molecule has 0 aliphatic carbocycles. The zero-order valence-corrected chi connectivity index (χ0v) is 19.8. The maximum atomic E-state index is 12.7. The molecule has 174 valence electrons. The van der Waals surface area contributed by atoms with E-state index in [9.17, 15) is 9.59 Å². The number of rotatable bonds is 8. The van der Waals surface area contributed by atoms with Crippen molar-refractivity contribution in [2.45, 2.75) is 44.4 Å². The first-order chi connectivity index (χ1) is 16.1. The average Bonchev–Trinajstić information content (AvgIpc) is 3.52. The maximum Gasteiger partial charge on any atom is 0.289 e. The highest BCUT2D eigenvalue weighted by Gasteiger charge is 2.31. The quantitative estimate of drug-likeness (QED) is 0.370. The number of amides is 2. The Morgan fingerprint density at radius 3 is 2.64 bits per heavy atom. The van der Waals surface area contributed by atoms with Crippen LogP contribution >= 0.6 is 11.8 Å². The van der Waals surface area contributed by atoms with Crippen molar-refractivity contribution in [1.82, 2.24) is 24.6 Å². The van der Waals surface area contributed by atoms with Crippen molar-refractivity contribution in [2.24, 2.45) is 0 Å². The van der Waals surface area contributed by atoms with Crippen molar-refractivity contribution in [1.29, 1.82) is 0 Å². The van der Waals surface area contributed by atoms with E-state index < -0.39 is 0 Å². The average molecular weight is 468 g/mol. The smallest absolute Gasteiger partial charge is 0.289 e. The van der Waals surface area contributed by atoms with Gasteiger partial charge in [-0.15, -0.1) is 10.2 Å². The summed E-state index contributed by atoms with van der Waals surface area (Å²) in [4.78, 5) is 28.9. The van der Waals surface area contributed by atoms with Gasteiger partial charge in [0.2, 0.25) is 5.91 Å². The topological polar surface area (TPSA) is 84.5 Å². The van der Waals surface area contributed by atoms with Gasteiger partial charge in [0.15, 0.2) is 16.7 Å². The number of thioether (sulfide) groups is 1. The molecule has 0 spiro atoms. The molecule has 1 saturated heterocycles. The highest BCUT2D eigenvalue weighted by Crippen LogP contribution is 2.24. The minimum absolute atomic E-state index is 0.0470. The summed E-state index contributed by atoms with van der Waals surface area (Å²) in [5, 5.41) is 9.61. The Kier molecular flexibility index (Phi) is 7.49. The largest absolute Gasteiger partial charge is 0.459 e. The summed E-state index contributed by atoms with van der Waals surface area (Å²) in [7, 11) is 0. The molecular formula is C24H29N5O3S. The molecule has 1 unspecified atom stereocenters. The lowest BCUT2D eigenvalue weighted by molar-refractivity contribution is -0.133. The fraction of sp³-hybridized carbons (Fsp3) is 0.417. The molecule has 1 fully saturated rings. The minimum Gasteiger partial charge on any atom is -0.459 e. The van der Waals surface area contributed by atoms with E-state index in [-0.39, 0.29) is 17.9 Å². The third-order valence-corrected chi connectivity index (χ3v) is 6.86. The highest BCUT2D eigenvalue weighted by atomic mass is 32.2. The molecular weight excluding hydrogens is 438 g/mol. The third-order valence-electron chi connectivity index (χ3n) is 5.80. The molecule has 0 saturated carbocycles. The fourth-order valence-electron chi connectivity index (χ4n) is 4.05. The van der Waals surface area contributed by atoms with Gasteiger partial charge in [0.1, 0.15) is 0 Å². The summed E-state index contributed by atoms with van der Waals surface area (Å²) >= 11 is 1.63. The maximum absolute atomic E-state index is 12.7. The predicted molar refractivity (Wildman–Crippen MR) is 127 cm³/mol. The second-order valence-corrected chi connectivity index (χ2v) is 9.10. The summed E-state index contributed by atoms with van der Waals surface area (Å²) in [6.07, 6.45) is 2.75. The van der Waals surface area contributed by atoms with Gasteiger partial charge < -0.3 is 18.8 Å². The molecule has 2 amide bonds. The molecule has 1 atom stereocenters. The van der Waals surface area contributed by atoms with E-state index in [0.29, 0.717) is 31.8 Å². The molecule has 0 bridgehead atoms. The normalized spacial score (nSPS) is 16.2. The van der Waals surface area contributed by atoms with E-state index in [1.807, 2.05) is 42.2 Å². The van der Waals surface area contributed by atoms with Gasteiger partial charge >= 0.3 is 0 Å². The van der Waals surface area contributed by atoms with Crippen LogP contribution in [0.2, 0.25) is 0 Å². The molecule has 3 aromatic rings. The summed E-state index contributed by atoms with van der Waals surface area (Å²) < 4.78 is 7.34. The van der Waals surface area contributed by atoms with E-state index in [2.05, 4.69) is 21.7 Å². The van der Waals surface area contributed by atoms with E-state index >= 15 is 0 Å². The van der Waals surface area contributed by atoms with Crippen LogP contribution in [0.4, 0.5) is 0 Å². The van der Waals surface area contributed by atoms with Gasteiger partial charge in [0.05, 0.1) is 6.26 Å². The monoisotopic (exact) mass is 467 g/mol.